The van der Waals surface area contributed by atoms with Crippen LogP contribution in [0.15, 0.2) is 23.1 Å². The van der Waals surface area contributed by atoms with Crippen LogP contribution in [0, 0.1) is 6.92 Å². The smallest absolute Gasteiger partial charge is 0.254 e. The van der Waals surface area contributed by atoms with Gasteiger partial charge in [0.15, 0.2) is 0 Å². The Kier molecular flexibility index (Phi) is 7.07. The van der Waals surface area contributed by atoms with Gasteiger partial charge >= 0.3 is 0 Å². The number of hydrogen-bond acceptors (Lipinski definition) is 4. The van der Waals surface area contributed by atoms with Gasteiger partial charge in [-0.1, -0.05) is 12.5 Å². The summed E-state index contributed by atoms with van der Waals surface area (Å²) in [7, 11) is -3.53. The summed E-state index contributed by atoms with van der Waals surface area (Å²) < 4.78 is 27.3. The number of carbonyl (C=O) groups is 1. The first-order valence-corrected chi connectivity index (χ1v) is 10.5. The Morgan fingerprint density at radius 3 is 2.31 bits per heavy atom. The SMILES string of the molecule is Cc1ccc(S(=O)(=O)N2CCCCC2)cc1C(=O)N1CCC(N)CC1.Cl. The molecule has 2 aliphatic heterocycles. The van der Waals surface area contributed by atoms with E-state index in [1.54, 1.807) is 23.1 Å². The summed E-state index contributed by atoms with van der Waals surface area (Å²) >= 11 is 0. The molecule has 0 bridgehead atoms. The van der Waals surface area contributed by atoms with Crippen LogP contribution in [0.4, 0.5) is 0 Å². The molecule has 1 aromatic carbocycles. The number of amides is 1. The number of benzene rings is 1. The number of sulfonamides is 1. The zero-order valence-corrected chi connectivity index (χ0v) is 16.8. The van der Waals surface area contributed by atoms with E-state index in [-0.39, 0.29) is 29.3 Å². The van der Waals surface area contributed by atoms with Crippen LogP contribution in [0.5, 0.6) is 0 Å². The zero-order valence-electron chi connectivity index (χ0n) is 15.2. The molecule has 0 radical (unpaired) electrons. The number of nitrogens with two attached hydrogens (primary N) is 1. The maximum absolute atomic E-state index is 12.9. The maximum Gasteiger partial charge on any atom is 0.254 e. The van der Waals surface area contributed by atoms with Gasteiger partial charge < -0.3 is 10.6 Å². The van der Waals surface area contributed by atoms with Crippen molar-refractivity contribution >= 4 is 28.3 Å². The fourth-order valence-corrected chi connectivity index (χ4v) is 5.06. The van der Waals surface area contributed by atoms with E-state index in [0.717, 1.165) is 37.7 Å². The fourth-order valence-electron chi connectivity index (χ4n) is 3.52. The normalized spacial score (nSPS) is 19.8. The van der Waals surface area contributed by atoms with Gasteiger partial charge in [-0.25, -0.2) is 8.42 Å². The average molecular weight is 402 g/mol. The number of rotatable bonds is 3. The standard InChI is InChI=1S/C18H27N3O3S.ClH/c1-14-5-6-16(25(23,24)21-9-3-2-4-10-21)13-17(14)18(22)20-11-7-15(19)8-12-20;/h5-6,13,15H,2-4,7-12,19H2,1H3;1H. The van der Waals surface area contributed by atoms with Gasteiger partial charge in [0, 0.05) is 37.8 Å². The second-order valence-electron chi connectivity index (χ2n) is 7.07. The molecule has 0 saturated carbocycles. The fraction of sp³-hybridized carbons (Fsp3) is 0.611. The van der Waals surface area contributed by atoms with Crippen molar-refractivity contribution in [3.8, 4) is 0 Å². The van der Waals surface area contributed by atoms with E-state index in [0.29, 0.717) is 31.7 Å². The molecular weight excluding hydrogens is 374 g/mol. The molecule has 1 aromatic rings. The number of piperidine rings is 2. The lowest BCUT2D eigenvalue weighted by molar-refractivity contribution is 0.0713. The first kappa shape index (κ1) is 21.2. The van der Waals surface area contributed by atoms with Crippen LogP contribution in [0.25, 0.3) is 0 Å². The number of aryl methyl sites for hydroxylation is 1. The average Bonchev–Trinajstić information content (AvgIpc) is 2.63. The lowest BCUT2D eigenvalue weighted by Gasteiger charge is -2.31. The van der Waals surface area contributed by atoms with Gasteiger partial charge in [-0.05, 0) is 50.3 Å². The van der Waals surface area contributed by atoms with Crippen molar-refractivity contribution in [1.82, 2.24) is 9.21 Å². The summed E-state index contributed by atoms with van der Waals surface area (Å²) in [5, 5.41) is 0. The van der Waals surface area contributed by atoms with Crippen molar-refractivity contribution in [3.05, 3.63) is 29.3 Å². The summed E-state index contributed by atoms with van der Waals surface area (Å²) in [6, 6.07) is 5.05. The third kappa shape index (κ3) is 4.39. The van der Waals surface area contributed by atoms with Crippen LogP contribution in [-0.4, -0.2) is 55.8 Å². The third-order valence-electron chi connectivity index (χ3n) is 5.22. The molecule has 2 aliphatic rings. The molecule has 2 fully saturated rings. The summed E-state index contributed by atoms with van der Waals surface area (Å²) in [5.74, 6) is -0.0971. The van der Waals surface area contributed by atoms with Crippen molar-refractivity contribution in [1.29, 1.82) is 0 Å². The Morgan fingerprint density at radius 1 is 1.08 bits per heavy atom. The van der Waals surface area contributed by atoms with Crippen LogP contribution in [0.1, 0.15) is 48.0 Å². The minimum absolute atomic E-state index is 0. The van der Waals surface area contributed by atoms with Crippen molar-refractivity contribution in [2.24, 2.45) is 5.73 Å². The number of carbonyl (C=O) groups excluding carboxylic acids is 1. The van der Waals surface area contributed by atoms with E-state index < -0.39 is 10.0 Å². The van der Waals surface area contributed by atoms with E-state index in [1.165, 1.54) is 4.31 Å². The minimum Gasteiger partial charge on any atom is -0.339 e. The van der Waals surface area contributed by atoms with Crippen LogP contribution in [0.2, 0.25) is 0 Å². The van der Waals surface area contributed by atoms with Crippen molar-refractivity contribution < 1.29 is 13.2 Å². The molecule has 6 nitrogen and oxygen atoms in total. The van der Waals surface area contributed by atoms with Gasteiger partial charge in [0.1, 0.15) is 0 Å². The molecule has 0 aromatic heterocycles. The van der Waals surface area contributed by atoms with Crippen molar-refractivity contribution in [3.63, 3.8) is 0 Å². The number of nitrogens with zero attached hydrogens (tertiary/aromatic N) is 2. The third-order valence-corrected chi connectivity index (χ3v) is 7.11. The van der Waals surface area contributed by atoms with Gasteiger partial charge in [-0.15, -0.1) is 12.4 Å². The molecule has 0 aliphatic carbocycles. The highest BCUT2D eigenvalue weighted by Crippen LogP contribution is 2.24. The molecule has 2 heterocycles. The minimum atomic E-state index is -3.53. The summed E-state index contributed by atoms with van der Waals surface area (Å²) in [6.07, 6.45) is 4.43. The number of hydrogen-bond donors (Lipinski definition) is 1. The van der Waals surface area contributed by atoms with Crippen LogP contribution in [0.3, 0.4) is 0 Å². The van der Waals surface area contributed by atoms with Crippen molar-refractivity contribution in [2.45, 2.75) is 50.0 Å². The monoisotopic (exact) mass is 401 g/mol. The van der Waals surface area contributed by atoms with Gasteiger partial charge in [0.2, 0.25) is 10.0 Å². The summed E-state index contributed by atoms with van der Waals surface area (Å²) in [6.45, 7) is 4.22. The summed E-state index contributed by atoms with van der Waals surface area (Å²) in [5.41, 5.74) is 7.19. The predicted octanol–water partition coefficient (Wildman–Crippen LogP) is 2.15. The van der Waals surface area contributed by atoms with Crippen LogP contribution < -0.4 is 5.73 Å². The molecule has 2 saturated heterocycles. The molecule has 0 spiro atoms. The first-order valence-electron chi connectivity index (χ1n) is 9.05. The van der Waals surface area contributed by atoms with E-state index in [4.69, 9.17) is 5.73 Å². The van der Waals surface area contributed by atoms with Gasteiger partial charge in [0.05, 0.1) is 4.90 Å². The van der Waals surface area contributed by atoms with Gasteiger partial charge in [-0.2, -0.15) is 4.31 Å². The van der Waals surface area contributed by atoms with E-state index in [1.807, 2.05) is 6.92 Å². The Labute approximate surface area is 162 Å². The van der Waals surface area contributed by atoms with Gasteiger partial charge in [-0.3, -0.25) is 4.79 Å². The zero-order chi connectivity index (χ0) is 18.0. The van der Waals surface area contributed by atoms with Crippen LogP contribution in [-0.2, 0) is 10.0 Å². The molecule has 146 valence electrons. The molecule has 1 amide bonds. The van der Waals surface area contributed by atoms with E-state index in [2.05, 4.69) is 0 Å². The highest BCUT2D eigenvalue weighted by Gasteiger charge is 2.28. The molecule has 26 heavy (non-hydrogen) atoms. The molecule has 0 atom stereocenters. The molecule has 2 N–H and O–H groups in total. The Morgan fingerprint density at radius 2 is 1.69 bits per heavy atom. The number of halogens is 1. The topological polar surface area (TPSA) is 83.7 Å². The second kappa shape index (κ2) is 8.69. The largest absolute Gasteiger partial charge is 0.339 e. The highest BCUT2D eigenvalue weighted by molar-refractivity contribution is 7.89. The van der Waals surface area contributed by atoms with E-state index in [9.17, 15) is 13.2 Å². The Balaban J connectivity index is 0.00000243. The Bertz CT molecular complexity index is 740. The maximum atomic E-state index is 12.9. The molecular formula is C18H28ClN3O3S. The number of likely N-dealkylation sites (tertiary alicyclic amines) is 1. The lowest BCUT2D eigenvalue weighted by atomic mass is 10.0. The van der Waals surface area contributed by atoms with Crippen LogP contribution >= 0.6 is 12.4 Å². The summed E-state index contributed by atoms with van der Waals surface area (Å²) in [4.78, 5) is 14.9. The molecule has 3 rings (SSSR count). The second-order valence-corrected chi connectivity index (χ2v) is 9.01. The van der Waals surface area contributed by atoms with Crippen molar-refractivity contribution in [2.75, 3.05) is 26.2 Å². The molecule has 0 unspecified atom stereocenters. The Hall–Kier alpha value is -1.15. The molecule has 8 heteroatoms. The highest BCUT2D eigenvalue weighted by atomic mass is 35.5. The quantitative estimate of drug-likeness (QED) is 0.841. The predicted molar refractivity (Wildman–Crippen MR) is 104 cm³/mol. The van der Waals surface area contributed by atoms with E-state index >= 15 is 0 Å². The van der Waals surface area contributed by atoms with Gasteiger partial charge in [0.25, 0.3) is 5.91 Å². The lowest BCUT2D eigenvalue weighted by Crippen LogP contribution is -2.43. The first-order chi connectivity index (χ1) is 11.9.